The molecule has 0 bridgehead atoms. The van der Waals surface area contributed by atoms with Gasteiger partial charge in [-0.3, -0.25) is 10.1 Å². The van der Waals surface area contributed by atoms with Gasteiger partial charge in [0.1, 0.15) is 11.6 Å². The first-order chi connectivity index (χ1) is 11.6. The predicted molar refractivity (Wildman–Crippen MR) is 89.4 cm³/mol. The molecule has 0 aliphatic heterocycles. The lowest BCUT2D eigenvalue weighted by Crippen LogP contribution is -1.98. The van der Waals surface area contributed by atoms with Crippen molar-refractivity contribution >= 4 is 28.2 Å². The molecule has 4 rings (SSSR count). The van der Waals surface area contributed by atoms with Crippen LogP contribution >= 0.6 is 11.6 Å². The molecule has 118 valence electrons. The normalized spacial score (nSPS) is 13.8. The van der Waals surface area contributed by atoms with E-state index in [-0.39, 0.29) is 16.5 Å². The zero-order valence-corrected chi connectivity index (χ0v) is 13.2. The van der Waals surface area contributed by atoms with Crippen molar-refractivity contribution in [1.29, 1.82) is 5.26 Å². The maximum atomic E-state index is 11.4. The first-order valence-electron chi connectivity index (χ1n) is 7.45. The summed E-state index contributed by atoms with van der Waals surface area (Å²) in [6, 6.07) is 12.3. The quantitative estimate of drug-likeness (QED) is 0.525. The monoisotopic (exact) mass is 338 g/mol. The van der Waals surface area contributed by atoms with Gasteiger partial charge < -0.3 is 0 Å². The van der Waals surface area contributed by atoms with E-state index >= 15 is 0 Å². The van der Waals surface area contributed by atoms with E-state index < -0.39 is 0 Å². The second-order valence-electron chi connectivity index (χ2n) is 5.81. The summed E-state index contributed by atoms with van der Waals surface area (Å²) in [6.07, 6.45) is 1.89. The molecule has 3 aromatic rings. The molecule has 1 aliphatic rings. The molecular weight excluding hydrogens is 328 g/mol. The summed E-state index contributed by atoms with van der Waals surface area (Å²) in [5, 5.41) is 26.5. The van der Waals surface area contributed by atoms with E-state index in [2.05, 4.69) is 11.2 Å². The second kappa shape index (κ2) is 5.32. The maximum absolute atomic E-state index is 11.4. The van der Waals surface area contributed by atoms with Crippen LogP contribution in [0.2, 0.25) is 5.02 Å². The lowest BCUT2D eigenvalue weighted by Gasteiger charge is -2.02. The van der Waals surface area contributed by atoms with E-state index in [1.807, 2.05) is 0 Å². The largest absolute Gasteiger partial charge is 0.275 e. The van der Waals surface area contributed by atoms with Crippen LogP contribution in [0.1, 0.15) is 30.0 Å². The van der Waals surface area contributed by atoms with Crippen molar-refractivity contribution in [3.8, 4) is 11.8 Å². The minimum absolute atomic E-state index is 0.0789. The Balaban J connectivity index is 1.98. The Morgan fingerprint density at radius 3 is 2.58 bits per heavy atom. The van der Waals surface area contributed by atoms with E-state index in [0.29, 0.717) is 32.9 Å². The summed E-state index contributed by atoms with van der Waals surface area (Å²) in [5.41, 5.74) is 2.26. The van der Waals surface area contributed by atoms with E-state index in [0.717, 1.165) is 12.8 Å². The van der Waals surface area contributed by atoms with Crippen LogP contribution in [0.25, 0.3) is 16.6 Å². The number of rotatable bonds is 3. The van der Waals surface area contributed by atoms with Gasteiger partial charge in [0, 0.05) is 22.0 Å². The third-order valence-corrected chi connectivity index (χ3v) is 4.46. The SMILES string of the molecule is N#Cc1c2cc(C3CC3)c([N+](=O)[O-])cc2nn1-c1ccc(Cl)cc1. The standard InChI is InChI=1S/C17H11ClN4O2/c18-11-3-5-12(6-4-11)21-17(9-19)14-7-13(10-1-2-10)16(22(23)24)8-15(14)20-21/h3-8,10H,1-2H2. The third kappa shape index (κ3) is 2.30. The van der Waals surface area contributed by atoms with Gasteiger partial charge in [0.05, 0.1) is 10.6 Å². The summed E-state index contributed by atoms with van der Waals surface area (Å²) < 4.78 is 1.50. The molecule has 0 atom stereocenters. The summed E-state index contributed by atoms with van der Waals surface area (Å²) in [6.45, 7) is 0. The number of benzene rings is 2. The molecule has 0 spiro atoms. The molecule has 24 heavy (non-hydrogen) atoms. The zero-order chi connectivity index (χ0) is 16.8. The highest BCUT2D eigenvalue weighted by Crippen LogP contribution is 2.45. The Kier molecular flexibility index (Phi) is 3.25. The molecule has 0 N–H and O–H groups in total. The van der Waals surface area contributed by atoms with Gasteiger partial charge in [0.25, 0.3) is 5.69 Å². The van der Waals surface area contributed by atoms with Crippen molar-refractivity contribution in [3.63, 3.8) is 0 Å². The van der Waals surface area contributed by atoms with Crippen LogP contribution in [0.5, 0.6) is 0 Å². The number of nitro benzene ring substituents is 1. The first-order valence-corrected chi connectivity index (χ1v) is 7.83. The summed E-state index contributed by atoms with van der Waals surface area (Å²) in [7, 11) is 0. The number of fused-ring (bicyclic) bond motifs is 1. The van der Waals surface area contributed by atoms with E-state index in [1.54, 1.807) is 30.3 Å². The molecule has 1 saturated carbocycles. The maximum Gasteiger partial charge on any atom is 0.275 e. The average molecular weight is 339 g/mol. The van der Waals surface area contributed by atoms with Gasteiger partial charge in [-0.25, -0.2) is 4.68 Å². The Morgan fingerprint density at radius 1 is 1.29 bits per heavy atom. The van der Waals surface area contributed by atoms with E-state index in [1.165, 1.54) is 10.7 Å². The lowest BCUT2D eigenvalue weighted by atomic mass is 10.0. The van der Waals surface area contributed by atoms with Crippen molar-refractivity contribution in [2.24, 2.45) is 0 Å². The molecule has 1 heterocycles. The molecule has 0 unspecified atom stereocenters. The minimum atomic E-state index is -0.375. The fourth-order valence-corrected chi connectivity index (χ4v) is 3.02. The van der Waals surface area contributed by atoms with Gasteiger partial charge in [-0.15, -0.1) is 0 Å². The number of nitro groups is 1. The third-order valence-electron chi connectivity index (χ3n) is 4.21. The van der Waals surface area contributed by atoms with Crippen LogP contribution in [0, 0.1) is 21.4 Å². The number of hydrogen-bond acceptors (Lipinski definition) is 4. The Labute approximate surface area is 142 Å². The summed E-state index contributed by atoms with van der Waals surface area (Å²) in [4.78, 5) is 11.0. The molecule has 6 nitrogen and oxygen atoms in total. The van der Waals surface area contributed by atoms with Gasteiger partial charge in [0.2, 0.25) is 0 Å². The van der Waals surface area contributed by atoms with Crippen LogP contribution in [-0.2, 0) is 0 Å². The first kappa shape index (κ1) is 14.7. The van der Waals surface area contributed by atoms with E-state index in [9.17, 15) is 15.4 Å². The molecule has 0 radical (unpaired) electrons. The van der Waals surface area contributed by atoms with Crippen LogP contribution < -0.4 is 0 Å². The minimum Gasteiger partial charge on any atom is -0.258 e. The fourth-order valence-electron chi connectivity index (χ4n) is 2.89. The van der Waals surface area contributed by atoms with Crippen molar-refractivity contribution in [2.45, 2.75) is 18.8 Å². The smallest absolute Gasteiger partial charge is 0.258 e. The van der Waals surface area contributed by atoms with Gasteiger partial charge in [-0.1, -0.05) is 11.6 Å². The number of halogens is 1. The number of aromatic nitrogens is 2. The molecule has 2 aromatic carbocycles. The molecule has 0 saturated heterocycles. The zero-order valence-electron chi connectivity index (χ0n) is 12.4. The molecular formula is C17H11ClN4O2. The Hall–Kier alpha value is -2.91. The second-order valence-corrected chi connectivity index (χ2v) is 6.24. The van der Waals surface area contributed by atoms with E-state index in [4.69, 9.17) is 11.6 Å². The van der Waals surface area contributed by atoms with Gasteiger partial charge in [-0.2, -0.15) is 10.4 Å². The van der Waals surface area contributed by atoms with Crippen LogP contribution in [0.4, 0.5) is 5.69 Å². The van der Waals surface area contributed by atoms with Gasteiger partial charge in [0.15, 0.2) is 5.69 Å². The number of nitrogens with zero attached hydrogens (tertiary/aromatic N) is 4. The fraction of sp³-hybridized carbons (Fsp3) is 0.176. The van der Waals surface area contributed by atoms with Crippen LogP contribution in [0.15, 0.2) is 36.4 Å². The average Bonchev–Trinajstić information content (AvgIpc) is 3.35. The molecule has 0 amide bonds. The van der Waals surface area contributed by atoms with Crippen LogP contribution in [0.3, 0.4) is 0 Å². The van der Waals surface area contributed by atoms with Gasteiger partial charge in [-0.05, 0) is 49.1 Å². The molecule has 1 fully saturated rings. The highest BCUT2D eigenvalue weighted by Gasteiger charge is 2.32. The van der Waals surface area contributed by atoms with Crippen molar-refractivity contribution in [2.75, 3.05) is 0 Å². The summed E-state index contributed by atoms with van der Waals surface area (Å²) in [5.74, 6) is 0.209. The highest BCUT2D eigenvalue weighted by atomic mass is 35.5. The van der Waals surface area contributed by atoms with Crippen molar-refractivity contribution in [3.05, 3.63) is 62.8 Å². The Bertz CT molecular complexity index is 1010. The summed E-state index contributed by atoms with van der Waals surface area (Å²) >= 11 is 5.90. The van der Waals surface area contributed by atoms with Crippen LogP contribution in [-0.4, -0.2) is 14.7 Å². The van der Waals surface area contributed by atoms with Crippen molar-refractivity contribution < 1.29 is 4.92 Å². The predicted octanol–water partition coefficient (Wildman–Crippen LogP) is 4.34. The van der Waals surface area contributed by atoms with Gasteiger partial charge >= 0.3 is 0 Å². The molecule has 1 aliphatic carbocycles. The lowest BCUT2D eigenvalue weighted by molar-refractivity contribution is -0.385. The number of hydrogen-bond donors (Lipinski definition) is 0. The topological polar surface area (TPSA) is 84.8 Å². The molecule has 7 heteroatoms. The van der Waals surface area contributed by atoms with Crippen molar-refractivity contribution in [1.82, 2.24) is 9.78 Å². The Morgan fingerprint density at radius 2 is 2.00 bits per heavy atom. The molecule has 1 aromatic heterocycles. The highest BCUT2D eigenvalue weighted by molar-refractivity contribution is 6.30. The number of nitriles is 1.